The second kappa shape index (κ2) is 4.67. The molecule has 7 nitrogen and oxygen atoms in total. The lowest BCUT2D eigenvalue weighted by atomic mass is 10.4. The van der Waals surface area contributed by atoms with E-state index in [0.717, 1.165) is 5.69 Å². The summed E-state index contributed by atoms with van der Waals surface area (Å²) >= 11 is 1.41. The van der Waals surface area contributed by atoms with Gasteiger partial charge in [0.25, 0.3) is 0 Å². The summed E-state index contributed by atoms with van der Waals surface area (Å²) in [5.41, 5.74) is 6.36. The van der Waals surface area contributed by atoms with E-state index in [1.54, 1.807) is 6.92 Å². The van der Waals surface area contributed by atoms with Crippen LogP contribution in [0.25, 0.3) is 0 Å². The molecule has 0 bridgehead atoms. The molecule has 0 spiro atoms. The topological polar surface area (TPSA) is 114 Å². The van der Waals surface area contributed by atoms with Crippen LogP contribution in [-0.2, 0) is 10.0 Å². The molecule has 2 aromatic heterocycles. The Bertz CT molecular complexity index is 645. The summed E-state index contributed by atoms with van der Waals surface area (Å²) in [6, 6.07) is -0.414. The number of nitrogens with two attached hydrogens (primary N) is 1. The van der Waals surface area contributed by atoms with Gasteiger partial charge in [-0.05, 0) is 13.8 Å². The predicted octanol–water partition coefficient (Wildman–Crippen LogP) is 0.796. The number of hydrogen-bond acceptors (Lipinski definition) is 6. The fraction of sp³-hybridized carbons (Fsp3) is 0.333. The molecule has 2 rings (SSSR count). The molecule has 4 N–H and O–H groups in total. The van der Waals surface area contributed by atoms with Gasteiger partial charge in [-0.1, -0.05) is 0 Å². The third-order valence-electron chi connectivity index (χ3n) is 2.26. The van der Waals surface area contributed by atoms with Gasteiger partial charge in [0.1, 0.15) is 15.7 Å². The molecule has 0 saturated carbocycles. The maximum Gasteiger partial charge on any atom is 0.246 e. The van der Waals surface area contributed by atoms with E-state index in [1.807, 2.05) is 12.3 Å². The Morgan fingerprint density at radius 1 is 1.56 bits per heavy atom. The van der Waals surface area contributed by atoms with Gasteiger partial charge in [-0.25, -0.2) is 18.1 Å². The number of H-pyrrole nitrogens is 1. The lowest BCUT2D eigenvalue weighted by molar-refractivity contribution is 0.566. The van der Waals surface area contributed by atoms with Crippen molar-refractivity contribution in [3.8, 4) is 0 Å². The van der Waals surface area contributed by atoms with Crippen molar-refractivity contribution in [1.82, 2.24) is 19.9 Å². The normalized spacial score (nSPS) is 13.7. The minimum Gasteiger partial charge on any atom is -0.383 e. The van der Waals surface area contributed by atoms with Crippen molar-refractivity contribution in [1.29, 1.82) is 0 Å². The largest absolute Gasteiger partial charge is 0.383 e. The van der Waals surface area contributed by atoms with Gasteiger partial charge in [0.05, 0.1) is 12.2 Å². The highest BCUT2D eigenvalue weighted by Crippen LogP contribution is 2.21. The zero-order valence-corrected chi connectivity index (χ0v) is 11.5. The molecular weight excluding hydrogens is 274 g/mol. The molecule has 0 aliphatic rings. The van der Waals surface area contributed by atoms with Crippen LogP contribution in [0.5, 0.6) is 0 Å². The van der Waals surface area contributed by atoms with Gasteiger partial charge >= 0.3 is 0 Å². The smallest absolute Gasteiger partial charge is 0.246 e. The first-order valence-corrected chi connectivity index (χ1v) is 7.49. The van der Waals surface area contributed by atoms with Crippen molar-refractivity contribution in [2.24, 2.45) is 0 Å². The molecule has 0 aliphatic heterocycles. The third kappa shape index (κ3) is 2.52. The number of hydrogen-bond donors (Lipinski definition) is 3. The van der Waals surface area contributed by atoms with Crippen LogP contribution in [0, 0.1) is 6.92 Å². The Morgan fingerprint density at radius 3 is 2.78 bits per heavy atom. The van der Waals surface area contributed by atoms with Crippen LogP contribution in [0.1, 0.15) is 23.7 Å². The van der Waals surface area contributed by atoms with Crippen LogP contribution >= 0.6 is 11.3 Å². The monoisotopic (exact) mass is 287 g/mol. The first kappa shape index (κ1) is 13.0. The first-order chi connectivity index (χ1) is 8.40. The van der Waals surface area contributed by atoms with E-state index in [9.17, 15) is 8.42 Å². The fourth-order valence-electron chi connectivity index (χ4n) is 1.42. The lowest BCUT2D eigenvalue weighted by Gasteiger charge is -2.10. The molecular formula is C9H13N5O2S2. The Hall–Kier alpha value is -1.45. The van der Waals surface area contributed by atoms with Crippen LogP contribution in [0.15, 0.2) is 16.5 Å². The molecule has 1 atom stereocenters. The molecule has 18 heavy (non-hydrogen) atoms. The summed E-state index contributed by atoms with van der Waals surface area (Å²) < 4.78 is 26.6. The highest BCUT2D eigenvalue weighted by atomic mass is 32.2. The number of thiazole rings is 1. The van der Waals surface area contributed by atoms with E-state index in [2.05, 4.69) is 19.9 Å². The molecule has 0 amide bonds. The molecule has 98 valence electrons. The maximum atomic E-state index is 12.0. The average molecular weight is 287 g/mol. The number of aromatic nitrogens is 3. The second-order valence-electron chi connectivity index (χ2n) is 3.82. The van der Waals surface area contributed by atoms with Crippen molar-refractivity contribution < 1.29 is 8.42 Å². The maximum absolute atomic E-state index is 12.0. The lowest BCUT2D eigenvalue weighted by Crippen LogP contribution is -2.27. The van der Waals surface area contributed by atoms with Crippen LogP contribution in [0.3, 0.4) is 0 Å². The molecule has 2 aromatic rings. The van der Waals surface area contributed by atoms with E-state index in [0.29, 0.717) is 5.01 Å². The van der Waals surface area contributed by atoms with E-state index < -0.39 is 16.1 Å². The summed E-state index contributed by atoms with van der Waals surface area (Å²) in [6.45, 7) is 3.58. The number of anilines is 1. The SMILES string of the molecule is Cc1csc(C(C)NS(=O)(=O)c2cn[nH]c2N)n1. The van der Waals surface area contributed by atoms with Crippen molar-refractivity contribution in [2.75, 3.05) is 5.73 Å². The van der Waals surface area contributed by atoms with Crippen LogP contribution < -0.4 is 10.5 Å². The van der Waals surface area contributed by atoms with Crippen LogP contribution in [0.4, 0.5) is 5.82 Å². The minimum absolute atomic E-state index is 0.0185. The summed E-state index contributed by atoms with van der Waals surface area (Å²) in [5, 5.41) is 8.55. The van der Waals surface area contributed by atoms with Crippen molar-refractivity contribution in [3.63, 3.8) is 0 Å². The number of nitrogens with zero attached hydrogens (tertiary/aromatic N) is 2. The van der Waals surface area contributed by atoms with E-state index >= 15 is 0 Å². The van der Waals surface area contributed by atoms with Gasteiger partial charge in [0.2, 0.25) is 10.0 Å². The van der Waals surface area contributed by atoms with E-state index in [1.165, 1.54) is 17.5 Å². The zero-order valence-electron chi connectivity index (χ0n) is 9.84. The van der Waals surface area contributed by atoms with Gasteiger partial charge in [-0.2, -0.15) is 5.10 Å². The van der Waals surface area contributed by atoms with E-state index in [-0.39, 0.29) is 10.7 Å². The summed E-state index contributed by atoms with van der Waals surface area (Å²) in [5.74, 6) is 0.0185. The standard InChI is InChI=1S/C9H13N5O2S2/c1-5-4-17-9(12-5)6(2)14-18(15,16)7-3-11-13-8(7)10/h3-4,6,14H,1-2H3,(H3,10,11,13). The Balaban J connectivity index is 2.21. The third-order valence-corrected chi connectivity index (χ3v) is 4.97. The summed E-state index contributed by atoms with van der Waals surface area (Å²) in [6.07, 6.45) is 1.18. The van der Waals surface area contributed by atoms with Crippen LogP contribution in [-0.4, -0.2) is 23.6 Å². The number of sulfonamides is 1. The Labute approximate surface area is 108 Å². The van der Waals surface area contributed by atoms with Crippen LogP contribution in [0.2, 0.25) is 0 Å². The predicted molar refractivity (Wildman–Crippen MR) is 68.6 cm³/mol. The number of nitrogens with one attached hydrogen (secondary N) is 2. The molecule has 0 saturated heterocycles. The van der Waals surface area contributed by atoms with Crippen molar-refractivity contribution >= 4 is 27.2 Å². The minimum atomic E-state index is -3.69. The number of rotatable bonds is 4. The first-order valence-electron chi connectivity index (χ1n) is 5.13. The second-order valence-corrected chi connectivity index (χ2v) is 6.39. The molecule has 9 heteroatoms. The van der Waals surface area contributed by atoms with Gasteiger partial charge < -0.3 is 5.73 Å². The van der Waals surface area contributed by atoms with Crippen molar-refractivity contribution in [3.05, 3.63) is 22.3 Å². The zero-order chi connectivity index (χ0) is 13.3. The van der Waals surface area contributed by atoms with Crippen molar-refractivity contribution in [2.45, 2.75) is 24.8 Å². The molecule has 0 radical (unpaired) electrons. The number of aromatic amines is 1. The highest BCUT2D eigenvalue weighted by Gasteiger charge is 2.23. The number of nitrogen functional groups attached to an aromatic ring is 1. The Morgan fingerprint density at radius 2 is 2.28 bits per heavy atom. The fourth-order valence-corrected chi connectivity index (χ4v) is 3.53. The quantitative estimate of drug-likeness (QED) is 0.769. The van der Waals surface area contributed by atoms with Gasteiger partial charge in [-0.3, -0.25) is 5.10 Å². The molecule has 1 unspecified atom stereocenters. The molecule has 0 aromatic carbocycles. The van der Waals surface area contributed by atoms with Gasteiger partial charge in [-0.15, -0.1) is 11.3 Å². The molecule has 0 aliphatic carbocycles. The number of aryl methyl sites for hydroxylation is 1. The summed E-state index contributed by atoms with van der Waals surface area (Å²) in [7, 11) is -3.69. The van der Waals surface area contributed by atoms with Gasteiger partial charge in [0.15, 0.2) is 0 Å². The highest BCUT2D eigenvalue weighted by molar-refractivity contribution is 7.89. The molecule has 0 fully saturated rings. The van der Waals surface area contributed by atoms with Gasteiger partial charge in [0, 0.05) is 11.1 Å². The molecule has 2 heterocycles. The van der Waals surface area contributed by atoms with E-state index in [4.69, 9.17) is 5.73 Å². The average Bonchev–Trinajstić information content (AvgIpc) is 2.86. The summed E-state index contributed by atoms with van der Waals surface area (Å²) in [4.78, 5) is 4.18. The Kier molecular flexibility index (Phi) is 3.37.